The number of carbonyl (C=O) groups excluding carboxylic acids is 2. The van der Waals surface area contributed by atoms with Crippen LogP contribution in [0.2, 0.25) is 0 Å². The summed E-state index contributed by atoms with van der Waals surface area (Å²) in [7, 11) is 0. The van der Waals surface area contributed by atoms with E-state index in [1.165, 1.54) is 36.4 Å². The fourth-order valence-electron chi connectivity index (χ4n) is 6.02. The SMILES string of the molecule is O=C(c1ccc(F)cc1)[C@@H]1[C@H](c2ccc([N+](=O)[O-])cc2)[C@H]2CSCN2[C@]12C(=O)Nc1ccccc12. The molecule has 1 N–H and O–H groups in total. The lowest BCUT2D eigenvalue weighted by molar-refractivity contribution is -0.384. The molecule has 3 aliphatic rings. The average Bonchev–Trinajstić information content (AvgIpc) is 3.52. The topological polar surface area (TPSA) is 92.5 Å². The number of ketones is 1. The van der Waals surface area contributed by atoms with Crippen molar-refractivity contribution in [2.75, 3.05) is 16.9 Å². The van der Waals surface area contributed by atoms with Crippen molar-refractivity contribution in [1.82, 2.24) is 4.90 Å². The molecule has 0 radical (unpaired) electrons. The highest BCUT2D eigenvalue weighted by molar-refractivity contribution is 7.99. The highest BCUT2D eigenvalue weighted by Crippen LogP contribution is 2.61. The van der Waals surface area contributed by atoms with E-state index in [-0.39, 0.29) is 29.3 Å². The van der Waals surface area contributed by atoms with Gasteiger partial charge in [-0.05, 0) is 35.9 Å². The molecule has 3 aromatic carbocycles. The van der Waals surface area contributed by atoms with E-state index in [1.807, 2.05) is 24.3 Å². The first kappa shape index (κ1) is 21.9. The zero-order valence-electron chi connectivity index (χ0n) is 18.4. The van der Waals surface area contributed by atoms with Gasteiger partial charge in [-0.15, -0.1) is 11.8 Å². The molecule has 7 nitrogen and oxygen atoms in total. The summed E-state index contributed by atoms with van der Waals surface area (Å²) in [6.45, 7) is 0. The quantitative estimate of drug-likeness (QED) is 0.328. The predicted molar refractivity (Wildman–Crippen MR) is 130 cm³/mol. The molecule has 2 fully saturated rings. The summed E-state index contributed by atoms with van der Waals surface area (Å²) < 4.78 is 13.7. The lowest BCUT2D eigenvalue weighted by Crippen LogP contribution is -2.52. The van der Waals surface area contributed by atoms with Gasteiger partial charge in [0.25, 0.3) is 5.69 Å². The molecular weight excluding hydrogens is 469 g/mol. The first-order chi connectivity index (χ1) is 16.9. The molecule has 0 unspecified atom stereocenters. The summed E-state index contributed by atoms with van der Waals surface area (Å²) in [6, 6.07) is 18.9. The van der Waals surface area contributed by atoms with Crippen LogP contribution in [0.4, 0.5) is 15.8 Å². The molecule has 3 aromatic rings. The third kappa shape index (κ3) is 3.08. The van der Waals surface area contributed by atoms with Crippen molar-refractivity contribution in [3.05, 3.63) is 105 Å². The molecule has 0 saturated carbocycles. The lowest BCUT2D eigenvalue weighted by Gasteiger charge is -2.36. The number of nitrogens with zero attached hydrogens (tertiary/aromatic N) is 2. The number of fused-ring (bicyclic) bond motifs is 4. The molecule has 1 spiro atoms. The van der Waals surface area contributed by atoms with Crippen molar-refractivity contribution >= 4 is 34.8 Å². The zero-order chi connectivity index (χ0) is 24.3. The number of nitro benzene ring substituents is 1. The number of rotatable bonds is 4. The first-order valence-corrected chi connectivity index (χ1v) is 12.4. The fourth-order valence-corrected chi connectivity index (χ4v) is 7.34. The second-order valence-corrected chi connectivity index (χ2v) is 10.0. The minimum atomic E-state index is -1.23. The molecule has 0 aliphatic carbocycles. The Kier molecular flexibility index (Phi) is 5.01. The maximum absolute atomic E-state index is 14.2. The van der Waals surface area contributed by atoms with Crippen molar-refractivity contribution in [3.63, 3.8) is 0 Å². The Hall–Kier alpha value is -3.56. The molecule has 3 aliphatic heterocycles. The Morgan fingerprint density at radius 3 is 2.51 bits per heavy atom. The average molecular weight is 490 g/mol. The van der Waals surface area contributed by atoms with E-state index in [1.54, 1.807) is 23.9 Å². The molecule has 176 valence electrons. The number of carbonyl (C=O) groups is 2. The number of benzene rings is 3. The van der Waals surface area contributed by atoms with Gasteiger partial charge in [-0.2, -0.15) is 0 Å². The summed E-state index contributed by atoms with van der Waals surface area (Å²) >= 11 is 1.70. The molecule has 0 bridgehead atoms. The Morgan fingerprint density at radius 2 is 1.80 bits per heavy atom. The van der Waals surface area contributed by atoms with Gasteiger partial charge in [0.05, 0.1) is 10.8 Å². The summed E-state index contributed by atoms with van der Waals surface area (Å²) in [5.41, 5.74) is 1.25. The molecule has 9 heteroatoms. The molecule has 4 atom stereocenters. The molecule has 3 heterocycles. The summed E-state index contributed by atoms with van der Waals surface area (Å²) in [5, 5.41) is 14.2. The first-order valence-electron chi connectivity index (χ1n) is 11.2. The number of nitrogens with one attached hydrogen (secondary N) is 1. The van der Waals surface area contributed by atoms with Gasteiger partial charge in [-0.3, -0.25) is 24.6 Å². The maximum atomic E-state index is 14.2. The Bertz CT molecular complexity index is 1360. The molecule has 0 aromatic heterocycles. The number of thioether (sulfide) groups is 1. The molecule has 1 amide bonds. The van der Waals surface area contributed by atoms with Gasteiger partial charge < -0.3 is 5.32 Å². The number of halogens is 1. The van der Waals surface area contributed by atoms with Crippen LogP contribution in [0.3, 0.4) is 0 Å². The fraction of sp³-hybridized carbons (Fsp3) is 0.231. The molecule has 6 rings (SSSR count). The van der Waals surface area contributed by atoms with Gasteiger partial charge in [0.15, 0.2) is 5.78 Å². The number of amides is 1. The highest BCUT2D eigenvalue weighted by atomic mass is 32.2. The third-order valence-corrected chi connectivity index (χ3v) is 8.47. The Balaban J connectivity index is 1.58. The van der Waals surface area contributed by atoms with Gasteiger partial charge in [0.2, 0.25) is 5.91 Å². The van der Waals surface area contributed by atoms with E-state index in [4.69, 9.17) is 0 Å². The second-order valence-electron chi connectivity index (χ2n) is 9.03. The van der Waals surface area contributed by atoms with Gasteiger partial charge in [-0.25, -0.2) is 4.39 Å². The van der Waals surface area contributed by atoms with Crippen molar-refractivity contribution < 1.29 is 18.9 Å². The third-order valence-electron chi connectivity index (χ3n) is 7.43. The van der Waals surface area contributed by atoms with Gasteiger partial charge in [0, 0.05) is 52.5 Å². The minimum Gasteiger partial charge on any atom is -0.324 e. The van der Waals surface area contributed by atoms with Crippen LogP contribution >= 0.6 is 11.8 Å². The number of Topliss-reactive ketones (excluding diaryl/α,β-unsaturated/α-hetero) is 1. The van der Waals surface area contributed by atoms with E-state index in [0.717, 1.165) is 11.1 Å². The van der Waals surface area contributed by atoms with Crippen molar-refractivity contribution in [3.8, 4) is 0 Å². The van der Waals surface area contributed by atoms with Crippen molar-refractivity contribution in [2.45, 2.75) is 17.5 Å². The highest BCUT2D eigenvalue weighted by Gasteiger charge is 2.69. The van der Waals surface area contributed by atoms with Crippen LogP contribution < -0.4 is 5.32 Å². The summed E-state index contributed by atoms with van der Waals surface area (Å²) in [6.07, 6.45) is 0. The minimum absolute atomic E-state index is 0.0375. The number of nitro groups is 1. The van der Waals surface area contributed by atoms with E-state index in [0.29, 0.717) is 22.9 Å². The van der Waals surface area contributed by atoms with Crippen LogP contribution in [-0.4, -0.2) is 39.2 Å². The van der Waals surface area contributed by atoms with Crippen LogP contribution in [0.25, 0.3) is 0 Å². The standard InChI is InChI=1S/C26H20FN3O4S/c27-17-9-5-16(6-10-17)24(31)23-22(15-7-11-18(12-8-15)30(33)34)21-13-35-14-29(21)26(23)19-3-1-2-4-20(19)28-25(26)32/h1-12,21-23H,13-14H2,(H,28,32)/t21-,22-,23+,26+/m1/s1. The number of para-hydroxylation sites is 1. The monoisotopic (exact) mass is 489 g/mol. The van der Waals surface area contributed by atoms with Crippen LogP contribution in [-0.2, 0) is 10.3 Å². The summed E-state index contributed by atoms with van der Waals surface area (Å²) in [4.78, 5) is 41.0. The van der Waals surface area contributed by atoms with Gasteiger partial charge in [0.1, 0.15) is 11.4 Å². The number of hydrogen-bond acceptors (Lipinski definition) is 6. The lowest BCUT2D eigenvalue weighted by atomic mass is 9.69. The number of hydrogen-bond donors (Lipinski definition) is 1. The van der Waals surface area contributed by atoms with Gasteiger partial charge in [-0.1, -0.05) is 30.3 Å². The van der Waals surface area contributed by atoms with Crippen molar-refractivity contribution in [2.24, 2.45) is 5.92 Å². The number of anilines is 1. The molecular formula is C26H20FN3O4S. The van der Waals surface area contributed by atoms with Crippen LogP contribution in [0, 0.1) is 21.8 Å². The van der Waals surface area contributed by atoms with Crippen molar-refractivity contribution in [1.29, 1.82) is 0 Å². The number of non-ortho nitro benzene ring substituents is 1. The molecule has 2 saturated heterocycles. The predicted octanol–water partition coefficient (Wildman–Crippen LogP) is 4.55. The maximum Gasteiger partial charge on any atom is 0.269 e. The Labute approximate surface area is 204 Å². The smallest absolute Gasteiger partial charge is 0.269 e. The van der Waals surface area contributed by atoms with E-state index < -0.39 is 22.2 Å². The second kappa shape index (κ2) is 8.00. The van der Waals surface area contributed by atoms with E-state index in [2.05, 4.69) is 10.2 Å². The van der Waals surface area contributed by atoms with E-state index in [9.17, 15) is 24.1 Å². The van der Waals surface area contributed by atoms with E-state index >= 15 is 0 Å². The van der Waals surface area contributed by atoms with Crippen LogP contribution in [0.1, 0.15) is 27.4 Å². The normalized spacial score (nSPS) is 27.0. The Morgan fingerprint density at radius 1 is 1.09 bits per heavy atom. The van der Waals surface area contributed by atoms with Crippen LogP contribution in [0.15, 0.2) is 72.8 Å². The molecule has 35 heavy (non-hydrogen) atoms. The van der Waals surface area contributed by atoms with Gasteiger partial charge >= 0.3 is 0 Å². The zero-order valence-corrected chi connectivity index (χ0v) is 19.2. The van der Waals surface area contributed by atoms with Crippen LogP contribution in [0.5, 0.6) is 0 Å². The summed E-state index contributed by atoms with van der Waals surface area (Å²) in [5.74, 6) is -0.856. The largest absolute Gasteiger partial charge is 0.324 e.